The number of rotatable bonds is 3. The lowest BCUT2D eigenvalue weighted by molar-refractivity contribution is -0.384. The second kappa shape index (κ2) is 5.64. The first-order chi connectivity index (χ1) is 9.80. The quantitative estimate of drug-likeness (QED) is 0.623. The number of hydrogen-bond donors (Lipinski definition) is 1. The number of nitrogens with zero attached hydrogens (tertiary/aromatic N) is 3. The molecule has 0 bridgehead atoms. The summed E-state index contributed by atoms with van der Waals surface area (Å²) in [6.07, 6.45) is 0.318. The number of hydrogen-bond acceptors (Lipinski definition) is 7. The summed E-state index contributed by atoms with van der Waals surface area (Å²) in [7, 11) is -3.18. The van der Waals surface area contributed by atoms with Crippen molar-refractivity contribution in [3.05, 3.63) is 27.9 Å². The number of anilines is 1. The van der Waals surface area contributed by atoms with Gasteiger partial charge in [0.15, 0.2) is 15.5 Å². The maximum atomic E-state index is 11.6. The third kappa shape index (κ3) is 3.45. The van der Waals surface area contributed by atoms with Crippen molar-refractivity contribution in [3.63, 3.8) is 0 Å². The molecule has 1 fully saturated rings. The molecule has 0 saturated carbocycles. The molecule has 1 aromatic rings. The van der Waals surface area contributed by atoms with E-state index < -0.39 is 20.7 Å². The standard InChI is InChI=1S/C11H13N3O6S/c15-11(16)8-2-3-9(14(17)18)10(12-8)13-4-1-6-21(19,20)7-5-13/h2-3H,1,4-7H2,(H,15,16). The molecule has 0 amide bonds. The van der Waals surface area contributed by atoms with Crippen molar-refractivity contribution in [1.82, 2.24) is 4.98 Å². The molecule has 0 unspecified atom stereocenters. The van der Waals surface area contributed by atoms with E-state index in [4.69, 9.17) is 5.11 Å². The van der Waals surface area contributed by atoms with E-state index in [1.165, 1.54) is 4.90 Å². The number of aromatic carboxylic acids is 1. The number of carbonyl (C=O) groups is 1. The summed E-state index contributed by atoms with van der Waals surface area (Å²) >= 11 is 0. The Kier molecular flexibility index (Phi) is 4.07. The minimum Gasteiger partial charge on any atom is -0.477 e. The second-order valence-electron chi connectivity index (χ2n) is 4.59. The monoisotopic (exact) mass is 315 g/mol. The molecule has 9 nitrogen and oxygen atoms in total. The van der Waals surface area contributed by atoms with Crippen LogP contribution in [0.2, 0.25) is 0 Å². The van der Waals surface area contributed by atoms with Crippen LogP contribution in [0.15, 0.2) is 12.1 Å². The Hall–Kier alpha value is -2.23. The van der Waals surface area contributed by atoms with Gasteiger partial charge in [0.25, 0.3) is 0 Å². The summed E-state index contributed by atoms with van der Waals surface area (Å²) in [6.45, 7) is 0.329. The summed E-state index contributed by atoms with van der Waals surface area (Å²) < 4.78 is 23.1. The molecular formula is C11H13N3O6S. The number of aromatic nitrogens is 1. The number of pyridine rings is 1. The van der Waals surface area contributed by atoms with E-state index in [-0.39, 0.29) is 41.8 Å². The number of sulfone groups is 1. The van der Waals surface area contributed by atoms with Crippen molar-refractivity contribution in [3.8, 4) is 0 Å². The summed E-state index contributed by atoms with van der Waals surface area (Å²) in [5, 5.41) is 20.0. The predicted molar refractivity (Wildman–Crippen MR) is 73.3 cm³/mol. The first-order valence-electron chi connectivity index (χ1n) is 6.14. The van der Waals surface area contributed by atoms with Gasteiger partial charge in [-0.3, -0.25) is 10.1 Å². The van der Waals surface area contributed by atoms with Crippen LogP contribution in [0.4, 0.5) is 11.5 Å². The molecule has 21 heavy (non-hydrogen) atoms. The third-order valence-electron chi connectivity index (χ3n) is 3.13. The molecule has 1 N–H and O–H groups in total. The van der Waals surface area contributed by atoms with Crippen LogP contribution in [-0.4, -0.2) is 54.0 Å². The van der Waals surface area contributed by atoms with Crippen LogP contribution in [0.3, 0.4) is 0 Å². The lowest BCUT2D eigenvalue weighted by Crippen LogP contribution is -2.28. The fourth-order valence-electron chi connectivity index (χ4n) is 2.09. The van der Waals surface area contributed by atoms with Crippen molar-refractivity contribution in [1.29, 1.82) is 0 Å². The third-order valence-corrected chi connectivity index (χ3v) is 4.84. The van der Waals surface area contributed by atoms with Crippen molar-refractivity contribution in [2.45, 2.75) is 6.42 Å². The Balaban J connectivity index is 2.42. The zero-order chi connectivity index (χ0) is 15.6. The Morgan fingerprint density at radius 1 is 1.33 bits per heavy atom. The van der Waals surface area contributed by atoms with E-state index in [1.54, 1.807) is 0 Å². The highest BCUT2D eigenvalue weighted by molar-refractivity contribution is 7.91. The molecule has 1 aliphatic rings. The molecule has 0 aromatic carbocycles. The number of carboxylic acids is 1. The summed E-state index contributed by atoms with van der Waals surface area (Å²) in [5.74, 6) is -1.52. The molecule has 1 aliphatic heterocycles. The molecule has 0 aliphatic carbocycles. The summed E-state index contributed by atoms with van der Waals surface area (Å²) in [4.78, 5) is 26.6. The molecule has 1 aromatic heterocycles. The van der Waals surface area contributed by atoms with Crippen molar-refractivity contribution >= 4 is 27.3 Å². The van der Waals surface area contributed by atoms with Crippen LogP contribution in [0.25, 0.3) is 0 Å². The number of nitro groups is 1. The van der Waals surface area contributed by atoms with Gasteiger partial charge in [0, 0.05) is 19.2 Å². The predicted octanol–water partition coefficient (Wildman–Crippen LogP) is 0.313. The molecule has 0 atom stereocenters. The molecule has 114 valence electrons. The maximum absolute atomic E-state index is 11.6. The topological polar surface area (TPSA) is 131 Å². The van der Waals surface area contributed by atoms with Crippen molar-refractivity contribution in [2.24, 2.45) is 0 Å². The minimum atomic E-state index is -3.18. The van der Waals surface area contributed by atoms with Gasteiger partial charge >= 0.3 is 11.7 Å². The average molecular weight is 315 g/mol. The van der Waals surface area contributed by atoms with Gasteiger partial charge in [0.05, 0.1) is 16.4 Å². The molecule has 0 spiro atoms. The average Bonchev–Trinajstić information content (AvgIpc) is 2.58. The van der Waals surface area contributed by atoms with Gasteiger partial charge in [-0.25, -0.2) is 18.2 Å². The fourth-order valence-corrected chi connectivity index (χ4v) is 3.36. The molecular weight excluding hydrogens is 302 g/mol. The normalized spacial score (nSPS) is 18.0. The van der Waals surface area contributed by atoms with Crippen LogP contribution in [0.1, 0.15) is 16.9 Å². The minimum absolute atomic E-state index is 0.00984. The van der Waals surface area contributed by atoms with Gasteiger partial charge in [-0.2, -0.15) is 0 Å². The highest BCUT2D eigenvalue weighted by atomic mass is 32.2. The Morgan fingerprint density at radius 3 is 2.67 bits per heavy atom. The summed E-state index contributed by atoms with van der Waals surface area (Å²) in [5.41, 5.74) is -0.651. The molecule has 2 heterocycles. The van der Waals surface area contributed by atoms with Gasteiger partial charge in [-0.1, -0.05) is 0 Å². The Morgan fingerprint density at radius 2 is 2.05 bits per heavy atom. The van der Waals surface area contributed by atoms with Gasteiger partial charge in [-0.05, 0) is 12.5 Å². The fraction of sp³-hybridized carbons (Fsp3) is 0.455. The first kappa shape index (κ1) is 15.2. The summed E-state index contributed by atoms with van der Waals surface area (Å²) in [6, 6.07) is 2.13. The maximum Gasteiger partial charge on any atom is 0.354 e. The van der Waals surface area contributed by atoms with Crippen LogP contribution in [0.5, 0.6) is 0 Å². The van der Waals surface area contributed by atoms with Gasteiger partial charge in [0.1, 0.15) is 0 Å². The lowest BCUT2D eigenvalue weighted by atomic mass is 10.3. The molecule has 2 rings (SSSR count). The second-order valence-corrected chi connectivity index (χ2v) is 6.90. The van der Waals surface area contributed by atoms with E-state index in [2.05, 4.69) is 4.98 Å². The van der Waals surface area contributed by atoms with Gasteiger partial charge < -0.3 is 10.0 Å². The van der Waals surface area contributed by atoms with Gasteiger partial charge in [0.2, 0.25) is 5.82 Å². The van der Waals surface area contributed by atoms with Crippen molar-refractivity contribution < 1.29 is 23.2 Å². The Labute approximate surface area is 120 Å². The smallest absolute Gasteiger partial charge is 0.354 e. The Bertz CT molecular complexity index is 687. The van der Waals surface area contributed by atoms with Crippen molar-refractivity contribution in [2.75, 3.05) is 29.5 Å². The highest BCUT2D eigenvalue weighted by Gasteiger charge is 2.27. The van der Waals surface area contributed by atoms with Crippen LogP contribution >= 0.6 is 0 Å². The van der Waals surface area contributed by atoms with E-state index in [1.807, 2.05) is 0 Å². The molecule has 0 radical (unpaired) electrons. The van der Waals surface area contributed by atoms with E-state index in [9.17, 15) is 23.3 Å². The van der Waals surface area contributed by atoms with Crippen LogP contribution in [0, 0.1) is 10.1 Å². The van der Waals surface area contributed by atoms with E-state index in [0.29, 0.717) is 6.42 Å². The molecule has 10 heteroatoms. The SMILES string of the molecule is O=C(O)c1ccc([N+](=O)[O-])c(N2CCCS(=O)(=O)CC2)n1. The van der Waals surface area contributed by atoms with E-state index in [0.717, 1.165) is 12.1 Å². The lowest BCUT2D eigenvalue weighted by Gasteiger charge is -2.20. The zero-order valence-electron chi connectivity index (χ0n) is 10.9. The van der Waals surface area contributed by atoms with Crippen LogP contribution < -0.4 is 4.90 Å². The number of carboxylic acid groups (broad SMARTS) is 1. The largest absolute Gasteiger partial charge is 0.477 e. The van der Waals surface area contributed by atoms with Crippen LogP contribution in [-0.2, 0) is 9.84 Å². The van der Waals surface area contributed by atoms with E-state index >= 15 is 0 Å². The van der Waals surface area contributed by atoms with Gasteiger partial charge in [-0.15, -0.1) is 0 Å². The zero-order valence-corrected chi connectivity index (χ0v) is 11.7. The molecule has 1 saturated heterocycles. The highest BCUT2D eigenvalue weighted by Crippen LogP contribution is 2.27. The first-order valence-corrected chi connectivity index (χ1v) is 7.96.